The van der Waals surface area contributed by atoms with E-state index < -0.39 is 23.9 Å². The number of carbonyl (C=O) groups excluding carboxylic acids is 2. The van der Waals surface area contributed by atoms with Crippen LogP contribution in [0.2, 0.25) is 0 Å². The van der Waals surface area contributed by atoms with Gasteiger partial charge in [-0.05, 0) is 18.2 Å². The molecule has 0 saturated carbocycles. The normalized spacial score (nSPS) is 25.2. The summed E-state index contributed by atoms with van der Waals surface area (Å²) < 4.78 is 9.89. The van der Waals surface area contributed by atoms with E-state index in [1.165, 1.54) is 14.2 Å². The number of hydrazine groups is 1. The molecule has 6 nitrogen and oxygen atoms in total. The standard InChI is InChI=1S/C17H18N2O4/c1-22-16(20)14-13-10-6-7-11-18(13)19(15(14)17(21)23-2)12-8-4-3-5-9-12/h3-11,13-15H,1-2H3/t13?,14-,15+/m0/s1. The molecule has 0 bridgehead atoms. The molecule has 0 spiro atoms. The van der Waals surface area contributed by atoms with E-state index in [0.29, 0.717) is 0 Å². The number of rotatable bonds is 3. The van der Waals surface area contributed by atoms with Crippen LogP contribution in [0.25, 0.3) is 0 Å². The van der Waals surface area contributed by atoms with E-state index in [4.69, 9.17) is 9.47 Å². The van der Waals surface area contributed by atoms with Crippen LogP contribution in [0.4, 0.5) is 5.69 Å². The molecule has 1 saturated heterocycles. The fraction of sp³-hybridized carbons (Fsp3) is 0.294. The summed E-state index contributed by atoms with van der Waals surface area (Å²) in [6.45, 7) is 0. The van der Waals surface area contributed by atoms with Crippen LogP contribution in [0.1, 0.15) is 0 Å². The van der Waals surface area contributed by atoms with Gasteiger partial charge in [-0.25, -0.2) is 4.79 Å². The number of benzene rings is 1. The molecule has 1 unspecified atom stereocenters. The molecule has 1 aromatic rings. The summed E-state index contributed by atoms with van der Waals surface area (Å²) in [6.07, 6.45) is 7.46. The van der Waals surface area contributed by atoms with Crippen LogP contribution in [-0.4, -0.2) is 43.3 Å². The Hall–Kier alpha value is -2.76. The molecule has 1 fully saturated rings. The Kier molecular flexibility index (Phi) is 4.06. The van der Waals surface area contributed by atoms with Gasteiger partial charge in [0.15, 0.2) is 6.04 Å². The molecule has 0 N–H and O–H groups in total. The van der Waals surface area contributed by atoms with Crippen molar-refractivity contribution in [1.29, 1.82) is 0 Å². The minimum absolute atomic E-state index is 0.295. The molecule has 120 valence electrons. The molecule has 2 aliphatic heterocycles. The van der Waals surface area contributed by atoms with Crippen molar-refractivity contribution in [3.63, 3.8) is 0 Å². The van der Waals surface area contributed by atoms with Crippen molar-refractivity contribution in [3.05, 3.63) is 54.8 Å². The van der Waals surface area contributed by atoms with Crippen molar-refractivity contribution in [2.45, 2.75) is 12.1 Å². The first kappa shape index (κ1) is 15.1. The molecule has 2 aliphatic rings. The van der Waals surface area contributed by atoms with E-state index in [1.54, 1.807) is 5.01 Å². The number of hydrogen-bond acceptors (Lipinski definition) is 6. The fourth-order valence-corrected chi connectivity index (χ4v) is 3.13. The molecule has 0 amide bonds. The summed E-state index contributed by atoms with van der Waals surface area (Å²) in [5.41, 5.74) is 0.805. The van der Waals surface area contributed by atoms with Crippen molar-refractivity contribution in [1.82, 2.24) is 5.01 Å². The molecular weight excluding hydrogens is 296 g/mol. The third-order valence-electron chi connectivity index (χ3n) is 4.12. The second-order valence-corrected chi connectivity index (χ2v) is 5.29. The van der Waals surface area contributed by atoms with Gasteiger partial charge in [-0.15, -0.1) is 0 Å². The summed E-state index contributed by atoms with van der Waals surface area (Å²) in [6, 6.07) is 8.36. The number of esters is 2. The quantitative estimate of drug-likeness (QED) is 0.788. The summed E-state index contributed by atoms with van der Waals surface area (Å²) in [7, 11) is 2.65. The van der Waals surface area contributed by atoms with Gasteiger partial charge < -0.3 is 9.47 Å². The van der Waals surface area contributed by atoms with Crippen LogP contribution in [0.3, 0.4) is 0 Å². The van der Waals surface area contributed by atoms with Gasteiger partial charge in [-0.1, -0.05) is 30.4 Å². The van der Waals surface area contributed by atoms with Gasteiger partial charge in [0, 0.05) is 6.20 Å². The van der Waals surface area contributed by atoms with Crippen molar-refractivity contribution in [2.75, 3.05) is 19.2 Å². The molecule has 3 rings (SSSR count). The highest BCUT2D eigenvalue weighted by Crippen LogP contribution is 2.38. The van der Waals surface area contributed by atoms with E-state index >= 15 is 0 Å². The van der Waals surface area contributed by atoms with Gasteiger partial charge in [-0.2, -0.15) is 0 Å². The molecule has 2 heterocycles. The summed E-state index contributed by atoms with van der Waals surface area (Å²) >= 11 is 0. The lowest BCUT2D eigenvalue weighted by Gasteiger charge is -2.34. The molecule has 0 radical (unpaired) electrons. The van der Waals surface area contributed by atoms with Crippen LogP contribution < -0.4 is 5.01 Å². The Labute approximate surface area is 134 Å². The van der Waals surface area contributed by atoms with Gasteiger partial charge in [0.2, 0.25) is 0 Å². The highest BCUT2D eigenvalue weighted by Gasteiger charge is 2.54. The van der Waals surface area contributed by atoms with Crippen molar-refractivity contribution >= 4 is 17.6 Å². The number of carbonyl (C=O) groups is 2. The highest BCUT2D eigenvalue weighted by atomic mass is 16.5. The first-order valence-electron chi connectivity index (χ1n) is 7.32. The smallest absolute Gasteiger partial charge is 0.331 e. The Morgan fingerprint density at radius 2 is 1.70 bits per heavy atom. The minimum Gasteiger partial charge on any atom is -0.469 e. The molecule has 0 aromatic heterocycles. The first-order chi connectivity index (χ1) is 11.2. The third kappa shape index (κ3) is 2.46. The molecular formula is C17H18N2O4. The average Bonchev–Trinajstić information content (AvgIpc) is 2.96. The van der Waals surface area contributed by atoms with Gasteiger partial charge >= 0.3 is 11.9 Å². The maximum absolute atomic E-state index is 12.4. The largest absolute Gasteiger partial charge is 0.469 e. The van der Waals surface area contributed by atoms with E-state index in [9.17, 15) is 9.59 Å². The molecule has 0 aliphatic carbocycles. The summed E-state index contributed by atoms with van der Waals surface area (Å²) in [5.74, 6) is -1.58. The van der Waals surface area contributed by atoms with E-state index in [-0.39, 0.29) is 6.04 Å². The van der Waals surface area contributed by atoms with Crippen LogP contribution in [-0.2, 0) is 19.1 Å². The monoisotopic (exact) mass is 314 g/mol. The van der Waals surface area contributed by atoms with Crippen LogP contribution >= 0.6 is 0 Å². The minimum atomic E-state index is -0.785. The number of ether oxygens (including phenoxy) is 2. The number of para-hydroxylation sites is 1. The first-order valence-corrected chi connectivity index (χ1v) is 7.32. The predicted molar refractivity (Wildman–Crippen MR) is 84.1 cm³/mol. The van der Waals surface area contributed by atoms with Gasteiger partial charge in [0.05, 0.1) is 25.9 Å². The molecule has 1 aromatic carbocycles. The number of nitrogens with zero attached hydrogens (tertiary/aromatic N) is 2. The van der Waals surface area contributed by atoms with Gasteiger partial charge in [0.1, 0.15) is 5.92 Å². The van der Waals surface area contributed by atoms with Crippen LogP contribution in [0, 0.1) is 5.92 Å². The van der Waals surface area contributed by atoms with E-state index in [2.05, 4.69) is 0 Å². The second kappa shape index (κ2) is 6.16. The Morgan fingerprint density at radius 3 is 2.35 bits per heavy atom. The van der Waals surface area contributed by atoms with Gasteiger partial charge in [-0.3, -0.25) is 14.8 Å². The second-order valence-electron chi connectivity index (χ2n) is 5.29. The summed E-state index contributed by atoms with van der Waals surface area (Å²) in [5, 5.41) is 3.66. The SMILES string of the molecule is COC(=O)[C@H]1C2C=CC=CN2N(c2ccccc2)[C@H]1C(=O)OC. The van der Waals surface area contributed by atoms with Crippen LogP contribution in [0.15, 0.2) is 54.8 Å². The van der Waals surface area contributed by atoms with E-state index in [0.717, 1.165) is 5.69 Å². The number of anilines is 1. The third-order valence-corrected chi connectivity index (χ3v) is 4.12. The molecule has 3 atom stereocenters. The summed E-state index contributed by atoms with van der Waals surface area (Å²) in [4.78, 5) is 24.8. The van der Waals surface area contributed by atoms with E-state index in [1.807, 2.05) is 59.8 Å². The molecule has 23 heavy (non-hydrogen) atoms. The topological polar surface area (TPSA) is 59.1 Å². The Balaban J connectivity index is 2.11. The lowest BCUT2D eigenvalue weighted by atomic mass is 9.92. The number of hydrogen-bond donors (Lipinski definition) is 0. The lowest BCUT2D eigenvalue weighted by Crippen LogP contribution is -2.46. The number of allylic oxidation sites excluding steroid dienone is 2. The maximum Gasteiger partial charge on any atom is 0.331 e. The van der Waals surface area contributed by atoms with Crippen molar-refractivity contribution in [2.24, 2.45) is 5.92 Å². The predicted octanol–water partition coefficient (Wildman–Crippen LogP) is 1.51. The highest BCUT2D eigenvalue weighted by molar-refractivity contribution is 5.89. The number of fused-ring (bicyclic) bond motifs is 1. The van der Waals surface area contributed by atoms with Crippen molar-refractivity contribution < 1.29 is 19.1 Å². The molecule has 6 heteroatoms. The lowest BCUT2D eigenvalue weighted by molar-refractivity contribution is -0.152. The van der Waals surface area contributed by atoms with Crippen LogP contribution in [0.5, 0.6) is 0 Å². The average molecular weight is 314 g/mol. The Bertz CT molecular complexity index is 656. The van der Waals surface area contributed by atoms with Gasteiger partial charge in [0.25, 0.3) is 0 Å². The number of methoxy groups -OCH3 is 2. The fourth-order valence-electron chi connectivity index (χ4n) is 3.13. The zero-order valence-corrected chi connectivity index (χ0v) is 13.0. The Morgan fingerprint density at radius 1 is 1.00 bits per heavy atom. The van der Waals surface area contributed by atoms with Crippen molar-refractivity contribution in [3.8, 4) is 0 Å². The zero-order chi connectivity index (χ0) is 16.4. The maximum atomic E-state index is 12.4. The zero-order valence-electron chi connectivity index (χ0n) is 13.0.